The molecule has 0 spiro atoms. The van der Waals surface area contributed by atoms with Gasteiger partial charge in [0.25, 0.3) is 0 Å². The van der Waals surface area contributed by atoms with Crippen LogP contribution in [-0.4, -0.2) is 55.7 Å². The van der Waals surface area contributed by atoms with E-state index < -0.39 is 35.7 Å². The number of nitrogens with zero attached hydrogens (tertiary/aromatic N) is 2. The molecule has 0 saturated heterocycles. The maximum atomic E-state index is 12.3. The first-order valence-electron chi connectivity index (χ1n) is 7.89. The third-order valence-electron chi connectivity index (χ3n) is 4.32. The molecule has 1 heterocycles. The van der Waals surface area contributed by atoms with E-state index in [1.807, 2.05) is 6.07 Å². The maximum Gasteiger partial charge on any atom is 0.361 e. The van der Waals surface area contributed by atoms with Crippen LogP contribution < -0.4 is 5.73 Å². The van der Waals surface area contributed by atoms with Gasteiger partial charge in [-0.1, -0.05) is 30.3 Å². The van der Waals surface area contributed by atoms with Gasteiger partial charge in [-0.2, -0.15) is 0 Å². The summed E-state index contributed by atoms with van der Waals surface area (Å²) in [5, 5.41) is 30.0. The molecule has 0 aromatic heterocycles. The van der Waals surface area contributed by atoms with Gasteiger partial charge in [0.15, 0.2) is 0 Å². The standard InChI is InChI=1S/C17H22N3O6/c1-16(23,10-21)17(2,24)12-8-20(25)14(18)13(19-12)15(22)26-9-11-6-4-3-5-7-11/h3-8,14,21,23-24H,9-10,18H2,1-2H3/q+1. The highest BCUT2D eigenvalue weighted by atomic mass is 16.5. The molecule has 2 rings (SSSR count). The Balaban J connectivity index is 2.26. The molecule has 9 nitrogen and oxygen atoms in total. The van der Waals surface area contributed by atoms with Crippen molar-refractivity contribution >= 4 is 11.7 Å². The number of carbonyl (C=O) groups is 1. The van der Waals surface area contributed by atoms with Crippen LogP contribution in [0.2, 0.25) is 0 Å². The number of hydrogen-bond donors (Lipinski definition) is 4. The Labute approximate surface area is 150 Å². The van der Waals surface area contributed by atoms with Crippen molar-refractivity contribution in [1.82, 2.24) is 0 Å². The second kappa shape index (κ2) is 7.42. The number of esters is 1. The van der Waals surface area contributed by atoms with Crippen LogP contribution in [0.4, 0.5) is 0 Å². The molecule has 0 amide bonds. The summed E-state index contributed by atoms with van der Waals surface area (Å²) >= 11 is 0. The minimum absolute atomic E-state index is 0.0476. The zero-order valence-corrected chi connectivity index (χ0v) is 14.5. The summed E-state index contributed by atoms with van der Waals surface area (Å²) in [6, 6.07) is 8.88. The van der Waals surface area contributed by atoms with Crippen molar-refractivity contribution in [1.29, 1.82) is 0 Å². The normalized spacial score (nSPS) is 21.9. The van der Waals surface area contributed by atoms with E-state index in [1.165, 1.54) is 6.92 Å². The molecule has 3 atom stereocenters. The van der Waals surface area contributed by atoms with Crippen LogP contribution in [0.3, 0.4) is 0 Å². The Kier molecular flexibility index (Phi) is 5.67. The second-order valence-electron chi connectivity index (χ2n) is 6.38. The number of nitroso groups, excluding NO2 is 1. The Bertz CT molecular complexity index is 755. The van der Waals surface area contributed by atoms with Crippen molar-refractivity contribution in [2.75, 3.05) is 6.61 Å². The third kappa shape index (κ3) is 3.86. The zero-order chi connectivity index (χ0) is 19.5. The quantitative estimate of drug-likeness (QED) is 0.396. The van der Waals surface area contributed by atoms with Crippen molar-refractivity contribution in [2.24, 2.45) is 10.7 Å². The highest BCUT2D eigenvalue weighted by Crippen LogP contribution is 2.31. The predicted molar refractivity (Wildman–Crippen MR) is 91.7 cm³/mol. The zero-order valence-electron chi connectivity index (χ0n) is 14.5. The first-order valence-corrected chi connectivity index (χ1v) is 7.89. The lowest BCUT2D eigenvalue weighted by Gasteiger charge is -2.36. The average molecular weight is 364 g/mol. The molecule has 0 aliphatic carbocycles. The summed E-state index contributed by atoms with van der Waals surface area (Å²) in [4.78, 5) is 28.3. The van der Waals surface area contributed by atoms with Gasteiger partial charge in [-0.3, -0.25) is 5.73 Å². The molecule has 5 N–H and O–H groups in total. The molecule has 3 unspecified atom stereocenters. The van der Waals surface area contributed by atoms with Crippen molar-refractivity contribution in [3.63, 3.8) is 0 Å². The fourth-order valence-corrected chi connectivity index (χ4v) is 2.17. The molecule has 140 valence electrons. The van der Waals surface area contributed by atoms with Crippen molar-refractivity contribution in [3.8, 4) is 0 Å². The van der Waals surface area contributed by atoms with Gasteiger partial charge < -0.3 is 20.1 Å². The first kappa shape index (κ1) is 19.9. The van der Waals surface area contributed by atoms with Crippen LogP contribution >= 0.6 is 0 Å². The summed E-state index contributed by atoms with van der Waals surface area (Å²) in [6.45, 7) is 1.48. The van der Waals surface area contributed by atoms with Gasteiger partial charge in [0.1, 0.15) is 23.5 Å². The van der Waals surface area contributed by atoms with E-state index in [2.05, 4.69) is 4.99 Å². The largest absolute Gasteiger partial charge is 0.456 e. The van der Waals surface area contributed by atoms with E-state index >= 15 is 0 Å². The third-order valence-corrected chi connectivity index (χ3v) is 4.32. The lowest BCUT2D eigenvalue weighted by Crippen LogP contribution is -2.55. The molecule has 0 bridgehead atoms. The van der Waals surface area contributed by atoms with Crippen LogP contribution in [0.25, 0.3) is 0 Å². The molecule has 0 saturated carbocycles. The molecule has 0 radical (unpaired) electrons. The van der Waals surface area contributed by atoms with Gasteiger partial charge in [-0.15, -0.1) is 0 Å². The van der Waals surface area contributed by atoms with Gasteiger partial charge in [0.2, 0.25) is 11.9 Å². The van der Waals surface area contributed by atoms with Gasteiger partial charge in [-0.25, -0.2) is 9.79 Å². The van der Waals surface area contributed by atoms with Gasteiger partial charge in [0.05, 0.1) is 11.4 Å². The molecule has 1 aliphatic rings. The van der Waals surface area contributed by atoms with Crippen LogP contribution in [0, 0.1) is 4.91 Å². The predicted octanol–water partition coefficient (Wildman–Crippen LogP) is -0.416. The van der Waals surface area contributed by atoms with Crippen LogP contribution in [0.1, 0.15) is 19.4 Å². The number of aliphatic hydroxyl groups is 3. The lowest BCUT2D eigenvalue weighted by atomic mass is 9.83. The minimum atomic E-state index is -2.12. The Morgan fingerprint density at radius 1 is 1.31 bits per heavy atom. The van der Waals surface area contributed by atoms with Crippen LogP contribution in [-0.2, 0) is 16.1 Å². The summed E-state index contributed by atoms with van der Waals surface area (Å²) in [6.07, 6.45) is -0.556. The van der Waals surface area contributed by atoms with E-state index in [4.69, 9.17) is 10.5 Å². The van der Waals surface area contributed by atoms with Crippen molar-refractivity contribution in [3.05, 3.63) is 52.7 Å². The number of nitrogens with two attached hydrogens (primary N) is 1. The van der Waals surface area contributed by atoms with Crippen molar-refractivity contribution in [2.45, 2.75) is 37.8 Å². The number of benzene rings is 1. The number of ether oxygens (including phenoxy) is 1. The number of aliphatic imine (C=N–C) groups is 1. The minimum Gasteiger partial charge on any atom is -0.456 e. The van der Waals surface area contributed by atoms with E-state index in [0.29, 0.717) is 0 Å². The highest BCUT2D eigenvalue weighted by molar-refractivity contribution is 6.38. The van der Waals surface area contributed by atoms with Crippen molar-refractivity contribution < 1.29 is 29.6 Å². The molecule has 1 aromatic carbocycles. The monoisotopic (exact) mass is 364 g/mol. The molecular weight excluding hydrogens is 342 g/mol. The molecule has 26 heavy (non-hydrogen) atoms. The number of aliphatic hydroxyl groups excluding tert-OH is 1. The molecule has 9 heteroatoms. The number of hydrogen-bond acceptors (Lipinski definition) is 8. The topological polar surface area (TPSA) is 145 Å². The van der Waals surface area contributed by atoms with E-state index in [9.17, 15) is 25.0 Å². The average Bonchev–Trinajstić information content (AvgIpc) is 2.62. The van der Waals surface area contributed by atoms with Gasteiger partial charge in [0, 0.05) is 4.91 Å². The van der Waals surface area contributed by atoms with Gasteiger partial charge >= 0.3 is 12.1 Å². The Morgan fingerprint density at radius 3 is 2.50 bits per heavy atom. The van der Waals surface area contributed by atoms with E-state index in [0.717, 1.165) is 18.7 Å². The summed E-state index contributed by atoms with van der Waals surface area (Å²) < 4.78 is 5.35. The first-order chi connectivity index (χ1) is 12.1. The van der Waals surface area contributed by atoms with Crippen LogP contribution in [0.5, 0.6) is 0 Å². The van der Waals surface area contributed by atoms with Gasteiger partial charge in [-0.05, 0) is 19.4 Å². The Hall–Kier alpha value is -2.46. The summed E-state index contributed by atoms with van der Waals surface area (Å²) in [5.41, 5.74) is 1.56. The fourth-order valence-electron chi connectivity index (χ4n) is 2.17. The number of carbonyl (C=O) groups excluding carboxylic acids is 1. The summed E-state index contributed by atoms with van der Waals surface area (Å²) in [7, 11) is 0. The SMILES string of the molecule is CC(O)(CO)C(C)(O)C1=C[N+](=O)C(N)C(C(=O)OCc2ccccc2)=N1. The van der Waals surface area contributed by atoms with E-state index in [-0.39, 0.29) is 17.1 Å². The molecule has 0 fully saturated rings. The highest BCUT2D eigenvalue weighted by Gasteiger charge is 2.49. The van der Waals surface area contributed by atoms with Crippen LogP contribution in [0.15, 0.2) is 47.2 Å². The molecular formula is C17H22N3O6+. The Morgan fingerprint density at radius 2 is 1.92 bits per heavy atom. The van der Waals surface area contributed by atoms with E-state index in [1.54, 1.807) is 24.3 Å². The maximum absolute atomic E-state index is 12.3. The number of rotatable bonds is 6. The smallest absolute Gasteiger partial charge is 0.361 e. The molecule has 1 aliphatic heterocycles. The lowest BCUT2D eigenvalue weighted by molar-refractivity contribution is -0.504. The second-order valence-corrected chi connectivity index (χ2v) is 6.38. The fraction of sp³-hybridized carbons (Fsp3) is 0.412. The summed E-state index contributed by atoms with van der Waals surface area (Å²) in [5.74, 6) is -0.924. The molecule has 1 aromatic rings.